The number of piperidine rings is 1. The van der Waals surface area contributed by atoms with Crippen LogP contribution in [0.2, 0.25) is 0 Å². The molecule has 1 aliphatic heterocycles. The minimum atomic E-state index is -0.163. The summed E-state index contributed by atoms with van der Waals surface area (Å²) < 4.78 is 0. The maximum Gasteiger partial charge on any atom is 0.228 e. The van der Waals surface area contributed by atoms with Crippen LogP contribution in [0.1, 0.15) is 31.4 Å². The number of rotatable bonds is 5. The summed E-state index contributed by atoms with van der Waals surface area (Å²) >= 11 is 0. The standard InChI is InChI=1S/C16H25N3O/c1-19(2)15(20)16(9-12-17-13-10-16)8-5-7-14-6-3-4-11-18-14/h3-4,6,11,17H,5,7-10,12-13H2,1-2H3. The van der Waals surface area contributed by atoms with Gasteiger partial charge in [-0.05, 0) is 57.3 Å². The third kappa shape index (κ3) is 3.57. The van der Waals surface area contributed by atoms with E-state index in [1.54, 1.807) is 4.90 Å². The van der Waals surface area contributed by atoms with Gasteiger partial charge in [0, 0.05) is 26.0 Å². The number of pyridine rings is 1. The molecule has 0 spiro atoms. The van der Waals surface area contributed by atoms with Crippen LogP contribution in [-0.4, -0.2) is 43.0 Å². The van der Waals surface area contributed by atoms with Crippen LogP contribution in [0, 0.1) is 5.41 Å². The maximum absolute atomic E-state index is 12.5. The van der Waals surface area contributed by atoms with Crippen LogP contribution in [0.5, 0.6) is 0 Å². The minimum Gasteiger partial charge on any atom is -0.348 e. The molecule has 0 aromatic carbocycles. The van der Waals surface area contributed by atoms with E-state index in [1.165, 1.54) is 0 Å². The molecule has 0 saturated carbocycles. The molecule has 1 fully saturated rings. The van der Waals surface area contributed by atoms with Crippen LogP contribution < -0.4 is 5.32 Å². The lowest BCUT2D eigenvalue weighted by molar-refractivity contribution is -0.141. The molecule has 0 radical (unpaired) electrons. The number of amides is 1. The van der Waals surface area contributed by atoms with E-state index in [-0.39, 0.29) is 5.41 Å². The zero-order chi connectivity index (χ0) is 14.4. The predicted molar refractivity (Wildman–Crippen MR) is 80.4 cm³/mol. The lowest BCUT2D eigenvalue weighted by Crippen LogP contribution is -2.47. The Kier molecular flexibility index (Phi) is 5.12. The number of hydrogen-bond acceptors (Lipinski definition) is 3. The van der Waals surface area contributed by atoms with E-state index in [4.69, 9.17) is 0 Å². The van der Waals surface area contributed by atoms with Crippen LogP contribution >= 0.6 is 0 Å². The first-order chi connectivity index (χ1) is 9.64. The molecule has 0 bridgehead atoms. The number of nitrogens with one attached hydrogen (secondary N) is 1. The highest BCUT2D eigenvalue weighted by molar-refractivity contribution is 5.82. The highest BCUT2D eigenvalue weighted by Crippen LogP contribution is 2.36. The van der Waals surface area contributed by atoms with Gasteiger partial charge >= 0.3 is 0 Å². The van der Waals surface area contributed by atoms with E-state index in [0.29, 0.717) is 5.91 Å². The summed E-state index contributed by atoms with van der Waals surface area (Å²) in [5.41, 5.74) is 0.956. The predicted octanol–water partition coefficient (Wildman–Crippen LogP) is 1.86. The molecule has 4 heteroatoms. The van der Waals surface area contributed by atoms with Gasteiger partial charge < -0.3 is 10.2 Å². The molecule has 20 heavy (non-hydrogen) atoms. The van der Waals surface area contributed by atoms with Crippen LogP contribution in [0.25, 0.3) is 0 Å². The van der Waals surface area contributed by atoms with E-state index < -0.39 is 0 Å². The average molecular weight is 275 g/mol. The molecule has 0 aliphatic carbocycles. The quantitative estimate of drug-likeness (QED) is 0.892. The molecule has 4 nitrogen and oxygen atoms in total. The van der Waals surface area contributed by atoms with Crippen molar-refractivity contribution in [2.75, 3.05) is 27.2 Å². The largest absolute Gasteiger partial charge is 0.348 e. The van der Waals surface area contributed by atoms with Crippen molar-refractivity contribution < 1.29 is 4.79 Å². The molecule has 1 aromatic heterocycles. The van der Waals surface area contributed by atoms with Crippen molar-refractivity contribution in [1.82, 2.24) is 15.2 Å². The Morgan fingerprint density at radius 2 is 2.10 bits per heavy atom. The number of hydrogen-bond donors (Lipinski definition) is 1. The molecule has 1 N–H and O–H groups in total. The molecule has 1 saturated heterocycles. The second-order valence-corrected chi connectivity index (χ2v) is 5.90. The van der Waals surface area contributed by atoms with Gasteiger partial charge in [0.25, 0.3) is 0 Å². The molecule has 1 aliphatic rings. The van der Waals surface area contributed by atoms with Gasteiger partial charge in [0.05, 0.1) is 5.41 Å². The molecule has 110 valence electrons. The Hall–Kier alpha value is -1.42. The third-order valence-electron chi connectivity index (χ3n) is 4.23. The topological polar surface area (TPSA) is 45.2 Å². The van der Waals surface area contributed by atoms with Crippen LogP contribution in [0.4, 0.5) is 0 Å². The van der Waals surface area contributed by atoms with Crippen molar-refractivity contribution in [3.05, 3.63) is 30.1 Å². The summed E-state index contributed by atoms with van der Waals surface area (Å²) in [5, 5.41) is 3.36. The fraction of sp³-hybridized carbons (Fsp3) is 0.625. The van der Waals surface area contributed by atoms with E-state index >= 15 is 0 Å². The summed E-state index contributed by atoms with van der Waals surface area (Å²) in [6.07, 6.45) is 6.68. The highest BCUT2D eigenvalue weighted by Gasteiger charge is 2.39. The zero-order valence-electron chi connectivity index (χ0n) is 12.6. The molecule has 2 rings (SSSR count). The molecule has 0 atom stereocenters. The van der Waals surface area contributed by atoms with Gasteiger partial charge in [0.2, 0.25) is 5.91 Å². The van der Waals surface area contributed by atoms with Gasteiger partial charge in [-0.15, -0.1) is 0 Å². The van der Waals surface area contributed by atoms with Crippen molar-refractivity contribution in [3.8, 4) is 0 Å². The van der Waals surface area contributed by atoms with Gasteiger partial charge in [-0.3, -0.25) is 9.78 Å². The van der Waals surface area contributed by atoms with E-state index in [1.807, 2.05) is 32.4 Å². The van der Waals surface area contributed by atoms with E-state index in [0.717, 1.165) is 50.9 Å². The monoisotopic (exact) mass is 275 g/mol. The summed E-state index contributed by atoms with van der Waals surface area (Å²) in [6.45, 7) is 1.90. The molecular weight excluding hydrogens is 250 g/mol. The summed E-state index contributed by atoms with van der Waals surface area (Å²) in [7, 11) is 3.73. The van der Waals surface area contributed by atoms with Gasteiger partial charge in [-0.2, -0.15) is 0 Å². The SMILES string of the molecule is CN(C)C(=O)C1(CCCc2ccccn2)CCNCC1. The summed E-state index contributed by atoms with van der Waals surface area (Å²) in [6, 6.07) is 6.02. The lowest BCUT2D eigenvalue weighted by Gasteiger charge is -2.38. The Bertz CT molecular complexity index is 425. The Labute approximate surface area is 121 Å². The fourth-order valence-electron chi connectivity index (χ4n) is 3.10. The fourth-order valence-corrected chi connectivity index (χ4v) is 3.10. The van der Waals surface area contributed by atoms with Gasteiger partial charge in [0.1, 0.15) is 0 Å². The minimum absolute atomic E-state index is 0.163. The first-order valence-electron chi connectivity index (χ1n) is 7.46. The third-order valence-corrected chi connectivity index (χ3v) is 4.23. The summed E-state index contributed by atoms with van der Waals surface area (Å²) in [5.74, 6) is 0.292. The molecule has 0 unspecified atom stereocenters. The van der Waals surface area contributed by atoms with Crippen molar-refractivity contribution in [2.45, 2.75) is 32.1 Å². The summed E-state index contributed by atoms with van der Waals surface area (Å²) in [4.78, 5) is 18.7. The van der Waals surface area contributed by atoms with Gasteiger partial charge in [0.15, 0.2) is 0 Å². The second-order valence-electron chi connectivity index (χ2n) is 5.90. The number of aryl methyl sites for hydroxylation is 1. The van der Waals surface area contributed by atoms with Crippen molar-refractivity contribution in [2.24, 2.45) is 5.41 Å². The number of carbonyl (C=O) groups excluding carboxylic acids is 1. The van der Waals surface area contributed by atoms with E-state index in [2.05, 4.69) is 16.4 Å². The first-order valence-corrected chi connectivity index (χ1v) is 7.46. The zero-order valence-corrected chi connectivity index (χ0v) is 12.6. The molecule has 2 heterocycles. The molecule has 1 aromatic rings. The van der Waals surface area contributed by atoms with Crippen molar-refractivity contribution in [1.29, 1.82) is 0 Å². The van der Waals surface area contributed by atoms with Crippen LogP contribution in [0.15, 0.2) is 24.4 Å². The smallest absolute Gasteiger partial charge is 0.228 e. The van der Waals surface area contributed by atoms with Crippen molar-refractivity contribution >= 4 is 5.91 Å². The number of aromatic nitrogens is 1. The maximum atomic E-state index is 12.5. The van der Waals surface area contributed by atoms with Gasteiger partial charge in [-0.1, -0.05) is 6.07 Å². The first kappa shape index (κ1) is 15.0. The van der Waals surface area contributed by atoms with E-state index in [9.17, 15) is 4.79 Å². The Morgan fingerprint density at radius 3 is 2.70 bits per heavy atom. The van der Waals surface area contributed by atoms with Crippen LogP contribution in [0.3, 0.4) is 0 Å². The normalized spacial score (nSPS) is 17.7. The number of nitrogens with zero attached hydrogens (tertiary/aromatic N) is 2. The Balaban J connectivity index is 1.96. The average Bonchev–Trinajstić information content (AvgIpc) is 2.48. The van der Waals surface area contributed by atoms with Crippen molar-refractivity contribution in [3.63, 3.8) is 0 Å². The number of carbonyl (C=O) groups is 1. The second kappa shape index (κ2) is 6.84. The Morgan fingerprint density at radius 1 is 1.35 bits per heavy atom. The highest BCUT2D eigenvalue weighted by atomic mass is 16.2. The molecular formula is C16H25N3O. The molecule has 1 amide bonds. The van der Waals surface area contributed by atoms with Gasteiger partial charge in [-0.25, -0.2) is 0 Å². The lowest BCUT2D eigenvalue weighted by atomic mass is 9.73. The van der Waals surface area contributed by atoms with Crippen LogP contribution in [-0.2, 0) is 11.2 Å².